The van der Waals surface area contributed by atoms with Gasteiger partial charge in [-0.2, -0.15) is 0 Å². The fraction of sp³-hybridized carbons (Fsp3) is 0.429. The van der Waals surface area contributed by atoms with E-state index in [9.17, 15) is 9.59 Å². The summed E-state index contributed by atoms with van der Waals surface area (Å²) in [5, 5.41) is 5.39. The van der Waals surface area contributed by atoms with E-state index >= 15 is 0 Å². The largest absolute Gasteiger partial charge is 0.497 e. The maximum absolute atomic E-state index is 12.1. The standard InChI is InChI=1S/C14H19N3O4/c1-20-9-4-5-10(11(7-9)16-13(18)8-15)17-14(19)12-3-2-6-21-12/h4-5,7,12H,2-3,6,8,15H2,1H3,(H,16,18)(H,17,19). The number of amides is 2. The molecule has 2 rings (SSSR count). The first-order valence-electron chi connectivity index (χ1n) is 6.74. The number of anilines is 2. The predicted octanol–water partition coefficient (Wildman–Crippen LogP) is 0.710. The van der Waals surface area contributed by atoms with Crippen LogP contribution in [0.25, 0.3) is 0 Å². The van der Waals surface area contributed by atoms with E-state index in [-0.39, 0.29) is 18.4 Å². The molecule has 1 fully saturated rings. The molecule has 1 aliphatic rings. The van der Waals surface area contributed by atoms with Gasteiger partial charge in [0, 0.05) is 12.7 Å². The van der Waals surface area contributed by atoms with E-state index < -0.39 is 6.10 Å². The molecule has 114 valence electrons. The zero-order valence-electron chi connectivity index (χ0n) is 11.8. The smallest absolute Gasteiger partial charge is 0.253 e. The molecule has 1 saturated heterocycles. The quantitative estimate of drug-likeness (QED) is 0.742. The zero-order valence-corrected chi connectivity index (χ0v) is 11.8. The maximum Gasteiger partial charge on any atom is 0.253 e. The normalized spacial score (nSPS) is 17.3. The van der Waals surface area contributed by atoms with Crippen LogP contribution in [0.1, 0.15) is 12.8 Å². The molecule has 0 radical (unpaired) electrons. The van der Waals surface area contributed by atoms with E-state index in [1.54, 1.807) is 18.2 Å². The molecule has 1 heterocycles. The van der Waals surface area contributed by atoms with Crippen molar-refractivity contribution in [2.45, 2.75) is 18.9 Å². The van der Waals surface area contributed by atoms with Crippen LogP contribution in [-0.4, -0.2) is 38.2 Å². The first kappa shape index (κ1) is 15.3. The molecule has 1 atom stereocenters. The Hall–Kier alpha value is -2.12. The molecule has 0 aromatic heterocycles. The predicted molar refractivity (Wildman–Crippen MR) is 78.3 cm³/mol. The third-order valence-electron chi connectivity index (χ3n) is 3.17. The number of carbonyl (C=O) groups excluding carboxylic acids is 2. The Morgan fingerprint density at radius 2 is 2.19 bits per heavy atom. The van der Waals surface area contributed by atoms with E-state index in [4.69, 9.17) is 15.2 Å². The van der Waals surface area contributed by atoms with Crippen LogP contribution < -0.4 is 21.1 Å². The Balaban J connectivity index is 2.16. The van der Waals surface area contributed by atoms with Gasteiger partial charge in [-0.3, -0.25) is 9.59 Å². The number of nitrogens with one attached hydrogen (secondary N) is 2. The summed E-state index contributed by atoms with van der Waals surface area (Å²) in [5.41, 5.74) is 6.22. The van der Waals surface area contributed by atoms with Crippen molar-refractivity contribution in [3.63, 3.8) is 0 Å². The molecule has 0 aliphatic carbocycles. The summed E-state index contributed by atoms with van der Waals surface area (Å²) < 4.78 is 10.4. The van der Waals surface area contributed by atoms with E-state index in [1.807, 2.05) is 0 Å². The van der Waals surface area contributed by atoms with Crippen LogP contribution in [0.3, 0.4) is 0 Å². The highest BCUT2D eigenvalue weighted by Crippen LogP contribution is 2.28. The van der Waals surface area contributed by atoms with Gasteiger partial charge in [-0.25, -0.2) is 0 Å². The van der Waals surface area contributed by atoms with Crippen molar-refractivity contribution in [2.75, 3.05) is 30.9 Å². The molecule has 21 heavy (non-hydrogen) atoms. The molecular weight excluding hydrogens is 274 g/mol. The number of methoxy groups -OCH3 is 1. The first-order valence-corrected chi connectivity index (χ1v) is 6.74. The minimum absolute atomic E-state index is 0.143. The summed E-state index contributed by atoms with van der Waals surface area (Å²) in [5.74, 6) is -0.00535. The number of hydrogen-bond donors (Lipinski definition) is 3. The van der Waals surface area contributed by atoms with Crippen LogP contribution in [0.2, 0.25) is 0 Å². The van der Waals surface area contributed by atoms with E-state index in [0.717, 1.165) is 6.42 Å². The van der Waals surface area contributed by atoms with Gasteiger partial charge in [0.2, 0.25) is 5.91 Å². The fourth-order valence-electron chi connectivity index (χ4n) is 2.06. The Labute approximate surface area is 122 Å². The second-order valence-corrected chi connectivity index (χ2v) is 4.65. The van der Waals surface area contributed by atoms with Gasteiger partial charge < -0.3 is 25.8 Å². The van der Waals surface area contributed by atoms with Crippen molar-refractivity contribution in [1.82, 2.24) is 0 Å². The van der Waals surface area contributed by atoms with Gasteiger partial charge in [-0.15, -0.1) is 0 Å². The highest BCUT2D eigenvalue weighted by molar-refractivity contribution is 6.01. The Morgan fingerprint density at radius 1 is 1.38 bits per heavy atom. The molecule has 0 bridgehead atoms. The van der Waals surface area contributed by atoms with Gasteiger partial charge >= 0.3 is 0 Å². The lowest BCUT2D eigenvalue weighted by atomic mass is 10.2. The van der Waals surface area contributed by atoms with Crippen molar-refractivity contribution in [2.24, 2.45) is 5.73 Å². The molecule has 1 unspecified atom stereocenters. The highest BCUT2D eigenvalue weighted by Gasteiger charge is 2.24. The number of carbonyl (C=O) groups is 2. The highest BCUT2D eigenvalue weighted by atomic mass is 16.5. The van der Waals surface area contributed by atoms with Crippen molar-refractivity contribution in [3.8, 4) is 5.75 Å². The van der Waals surface area contributed by atoms with Crippen molar-refractivity contribution < 1.29 is 19.1 Å². The Morgan fingerprint density at radius 3 is 2.81 bits per heavy atom. The summed E-state index contributed by atoms with van der Waals surface area (Å²) in [4.78, 5) is 23.5. The van der Waals surface area contributed by atoms with Crippen molar-refractivity contribution >= 4 is 23.2 Å². The molecule has 1 aliphatic heterocycles. The van der Waals surface area contributed by atoms with Gasteiger partial charge in [0.1, 0.15) is 11.9 Å². The van der Waals surface area contributed by atoms with Gasteiger partial charge in [0.25, 0.3) is 5.91 Å². The molecular formula is C14H19N3O4. The topological polar surface area (TPSA) is 103 Å². The van der Waals surface area contributed by atoms with Crippen LogP contribution in [0, 0.1) is 0 Å². The van der Waals surface area contributed by atoms with Crippen LogP contribution in [-0.2, 0) is 14.3 Å². The third kappa shape index (κ3) is 3.93. The Kier molecular flexibility index (Phi) is 5.13. The average Bonchev–Trinajstić information content (AvgIpc) is 3.03. The summed E-state index contributed by atoms with van der Waals surface area (Å²) in [6.45, 7) is 0.452. The lowest BCUT2D eigenvalue weighted by molar-refractivity contribution is -0.124. The maximum atomic E-state index is 12.1. The van der Waals surface area contributed by atoms with E-state index in [0.29, 0.717) is 30.2 Å². The fourth-order valence-corrected chi connectivity index (χ4v) is 2.06. The van der Waals surface area contributed by atoms with Crippen molar-refractivity contribution in [3.05, 3.63) is 18.2 Å². The number of benzene rings is 1. The summed E-state index contributed by atoms with van der Waals surface area (Å²) >= 11 is 0. The molecule has 7 nitrogen and oxygen atoms in total. The van der Waals surface area contributed by atoms with Crippen LogP contribution >= 0.6 is 0 Å². The second kappa shape index (κ2) is 7.05. The molecule has 0 spiro atoms. The average molecular weight is 293 g/mol. The van der Waals surface area contributed by atoms with Crippen LogP contribution in [0.15, 0.2) is 18.2 Å². The van der Waals surface area contributed by atoms with Crippen molar-refractivity contribution in [1.29, 1.82) is 0 Å². The van der Waals surface area contributed by atoms with Crippen LogP contribution in [0.4, 0.5) is 11.4 Å². The number of rotatable bonds is 5. The van der Waals surface area contributed by atoms with Gasteiger partial charge in [-0.05, 0) is 25.0 Å². The van der Waals surface area contributed by atoms with E-state index in [1.165, 1.54) is 7.11 Å². The Bertz CT molecular complexity index is 527. The monoisotopic (exact) mass is 293 g/mol. The minimum Gasteiger partial charge on any atom is -0.497 e. The number of hydrogen-bond acceptors (Lipinski definition) is 5. The molecule has 0 saturated carbocycles. The number of nitrogens with two attached hydrogens (primary N) is 1. The SMILES string of the molecule is COc1ccc(NC(=O)C2CCCO2)c(NC(=O)CN)c1. The molecule has 7 heteroatoms. The second-order valence-electron chi connectivity index (χ2n) is 4.65. The number of ether oxygens (including phenoxy) is 2. The lowest BCUT2D eigenvalue weighted by Crippen LogP contribution is -2.28. The first-order chi connectivity index (χ1) is 10.1. The molecule has 2 amide bonds. The lowest BCUT2D eigenvalue weighted by Gasteiger charge is -2.15. The van der Waals surface area contributed by atoms with Crippen LogP contribution in [0.5, 0.6) is 5.75 Å². The third-order valence-corrected chi connectivity index (χ3v) is 3.17. The van der Waals surface area contributed by atoms with Gasteiger partial charge in [0.15, 0.2) is 0 Å². The van der Waals surface area contributed by atoms with Gasteiger partial charge in [-0.1, -0.05) is 0 Å². The molecule has 1 aromatic rings. The summed E-state index contributed by atoms with van der Waals surface area (Å²) in [6.07, 6.45) is 1.13. The summed E-state index contributed by atoms with van der Waals surface area (Å²) in [6, 6.07) is 4.99. The molecule has 1 aromatic carbocycles. The zero-order chi connectivity index (χ0) is 15.2. The molecule has 4 N–H and O–H groups in total. The van der Waals surface area contributed by atoms with Gasteiger partial charge in [0.05, 0.1) is 25.0 Å². The van der Waals surface area contributed by atoms with E-state index in [2.05, 4.69) is 10.6 Å². The minimum atomic E-state index is -0.440. The summed E-state index contributed by atoms with van der Waals surface area (Å²) in [7, 11) is 1.52.